The smallest absolute Gasteiger partial charge is 0.431 e. The van der Waals surface area contributed by atoms with Gasteiger partial charge in [0.2, 0.25) is 0 Å². The van der Waals surface area contributed by atoms with Gasteiger partial charge in [0.15, 0.2) is 6.10 Å². The Morgan fingerprint density at radius 2 is 2.09 bits per heavy atom. The molecule has 0 amide bonds. The van der Waals surface area contributed by atoms with Crippen molar-refractivity contribution in [3.63, 3.8) is 0 Å². The molecule has 0 aliphatic carbocycles. The monoisotopic (exact) mass is 161 g/mol. The minimum atomic E-state index is -0.816. The van der Waals surface area contributed by atoms with Crippen molar-refractivity contribution >= 4 is 6.16 Å². The second kappa shape index (κ2) is 4.15. The molecule has 0 spiro atoms. The van der Waals surface area contributed by atoms with E-state index in [4.69, 9.17) is 9.47 Å². The molecule has 1 heterocycles. The van der Waals surface area contributed by atoms with Crippen molar-refractivity contribution in [3.05, 3.63) is 7.11 Å². The van der Waals surface area contributed by atoms with Gasteiger partial charge in [0, 0.05) is 0 Å². The summed E-state index contributed by atoms with van der Waals surface area (Å²) in [5, 5.41) is 0. The molecule has 5 nitrogen and oxygen atoms in total. The maximum absolute atomic E-state index is 10.5. The summed E-state index contributed by atoms with van der Waals surface area (Å²) in [5.74, 6) is 0. The zero-order valence-corrected chi connectivity index (χ0v) is 5.95. The third-order valence-corrected chi connectivity index (χ3v) is 1.15. The van der Waals surface area contributed by atoms with Crippen LogP contribution in [0, 0.1) is 7.11 Å². The van der Waals surface area contributed by atoms with Crippen molar-refractivity contribution in [2.75, 3.05) is 20.0 Å². The Bertz CT molecular complexity index is 129. The lowest BCUT2D eigenvalue weighted by Crippen LogP contribution is -2.33. The van der Waals surface area contributed by atoms with E-state index in [1.165, 1.54) is 0 Å². The quantitative estimate of drug-likeness (QED) is 0.518. The molecule has 0 aromatic heterocycles. The van der Waals surface area contributed by atoms with Gasteiger partial charge in [-0.15, -0.1) is 0 Å². The largest absolute Gasteiger partial charge is 0.508 e. The van der Waals surface area contributed by atoms with E-state index < -0.39 is 6.16 Å². The van der Waals surface area contributed by atoms with E-state index in [0.29, 0.717) is 13.2 Å². The van der Waals surface area contributed by atoms with Gasteiger partial charge >= 0.3 is 6.16 Å². The molecule has 1 aliphatic rings. The molecule has 1 rings (SSSR count). The van der Waals surface area contributed by atoms with Crippen LogP contribution in [0.25, 0.3) is 0 Å². The van der Waals surface area contributed by atoms with Gasteiger partial charge in [-0.05, 0) is 0 Å². The van der Waals surface area contributed by atoms with Crippen LogP contribution in [0.15, 0.2) is 0 Å². The first-order chi connectivity index (χ1) is 5.33. The maximum atomic E-state index is 10.5. The van der Waals surface area contributed by atoms with Crippen LogP contribution < -0.4 is 0 Å². The summed E-state index contributed by atoms with van der Waals surface area (Å²) in [4.78, 5) is 10.5. The first-order valence-electron chi connectivity index (χ1n) is 3.11. The molecule has 1 saturated heterocycles. The highest BCUT2D eigenvalue weighted by molar-refractivity contribution is 5.60. The average molecular weight is 161 g/mol. The first-order valence-corrected chi connectivity index (χ1v) is 3.11. The van der Waals surface area contributed by atoms with Crippen LogP contribution in [0.2, 0.25) is 0 Å². The van der Waals surface area contributed by atoms with Gasteiger partial charge in [-0.3, -0.25) is 0 Å². The zero-order valence-electron chi connectivity index (χ0n) is 5.95. The molecule has 0 N–H and O–H groups in total. The normalized spacial score (nSPS) is 19.4. The van der Waals surface area contributed by atoms with Crippen LogP contribution in [0.5, 0.6) is 0 Å². The summed E-state index contributed by atoms with van der Waals surface area (Å²) in [7, 11) is 2.89. The van der Waals surface area contributed by atoms with Crippen LogP contribution in [-0.4, -0.2) is 32.3 Å². The Morgan fingerprint density at radius 3 is 2.64 bits per heavy atom. The van der Waals surface area contributed by atoms with Crippen LogP contribution in [0.1, 0.15) is 0 Å². The van der Waals surface area contributed by atoms with Crippen LogP contribution in [0.3, 0.4) is 0 Å². The van der Waals surface area contributed by atoms with E-state index >= 15 is 0 Å². The van der Waals surface area contributed by atoms with Gasteiger partial charge in [-0.2, -0.15) is 0 Å². The summed E-state index contributed by atoms with van der Waals surface area (Å²) in [5.41, 5.74) is 0. The Hall–Kier alpha value is -0.810. The number of carbonyl (C=O) groups excluding carboxylic acids is 1. The summed E-state index contributed by atoms with van der Waals surface area (Å²) < 4.78 is 18.4. The molecule has 0 atom stereocenters. The summed E-state index contributed by atoms with van der Waals surface area (Å²) in [6.07, 6.45) is -1.19. The molecule has 5 heteroatoms. The minimum absolute atomic E-state index is 0.249. The topological polar surface area (TPSA) is 54.0 Å². The lowest BCUT2D eigenvalue weighted by molar-refractivity contribution is -0.156. The molecule has 0 aromatic rings. The molecule has 1 fully saturated rings. The fourth-order valence-corrected chi connectivity index (χ4v) is 0.704. The van der Waals surface area contributed by atoms with E-state index in [0.717, 1.165) is 0 Å². The highest BCUT2D eigenvalue weighted by atomic mass is 16.7. The van der Waals surface area contributed by atoms with Gasteiger partial charge < -0.3 is 18.9 Å². The van der Waals surface area contributed by atoms with Crippen LogP contribution in [0.4, 0.5) is 4.79 Å². The molecular weight excluding hydrogens is 152 g/mol. The predicted molar refractivity (Wildman–Crippen MR) is 33.5 cm³/mol. The number of hydrogen-bond acceptors (Lipinski definition) is 5. The second-order valence-electron chi connectivity index (χ2n) is 1.99. The van der Waals surface area contributed by atoms with Gasteiger partial charge in [0.1, 0.15) is 13.9 Å². The van der Waals surface area contributed by atoms with E-state index in [9.17, 15) is 4.79 Å². The van der Waals surface area contributed by atoms with E-state index in [-0.39, 0.29) is 12.9 Å². The Labute approximate surface area is 64.2 Å². The van der Waals surface area contributed by atoms with Crippen LogP contribution in [-0.2, 0) is 18.9 Å². The first kappa shape index (κ1) is 8.29. The fourth-order valence-electron chi connectivity index (χ4n) is 0.704. The molecule has 63 valence electrons. The molecular formula is C6H9O5. The summed E-state index contributed by atoms with van der Waals surface area (Å²) >= 11 is 0. The fraction of sp³-hybridized carbons (Fsp3) is 0.667. The highest BCUT2D eigenvalue weighted by Crippen LogP contribution is 2.02. The third kappa shape index (κ3) is 2.73. The zero-order chi connectivity index (χ0) is 8.10. The van der Waals surface area contributed by atoms with E-state index in [1.807, 2.05) is 0 Å². The molecule has 0 aromatic carbocycles. The Balaban J connectivity index is 2.19. The number of rotatable bonds is 1. The van der Waals surface area contributed by atoms with Crippen molar-refractivity contribution in [2.45, 2.75) is 6.10 Å². The molecule has 11 heavy (non-hydrogen) atoms. The Morgan fingerprint density at radius 1 is 1.45 bits per heavy atom. The lowest BCUT2D eigenvalue weighted by atomic mass is 10.4. The SMILES string of the molecule is [CH2]OC(=O)OC1COCOC1. The van der Waals surface area contributed by atoms with Crippen molar-refractivity contribution in [2.24, 2.45) is 0 Å². The second-order valence-corrected chi connectivity index (χ2v) is 1.99. The van der Waals surface area contributed by atoms with Gasteiger partial charge in [0.25, 0.3) is 0 Å². The third-order valence-electron chi connectivity index (χ3n) is 1.15. The standard InChI is InChI=1S/C6H9O5/c1-8-6(7)11-5-2-9-4-10-3-5/h5H,1-4H2. The van der Waals surface area contributed by atoms with E-state index in [1.54, 1.807) is 0 Å². The van der Waals surface area contributed by atoms with Crippen molar-refractivity contribution in [3.8, 4) is 0 Å². The number of carbonyl (C=O) groups is 1. The van der Waals surface area contributed by atoms with Crippen LogP contribution >= 0.6 is 0 Å². The molecule has 0 saturated carbocycles. The van der Waals surface area contributed by atoms with Gasteiger partial charge in [0.05, 0.1) is 13.2 Å². The average Bonchev–Trinajstić information content (AvgIpc) is 2.06. The highest BCUT2D eigenvalue weighted by Gasteiger charge is 2.18. The minimum Gasteiger partial charge on any atom is -0.431 e. The van der Waals surface area contributed by atoms with Crippen molar-refractivity contribution in [1.82, 2.24) is 0 Å². The van der Waals surface area contributed by atoms with E-state index in [2.05, 4.69) is 16.6 Å². The summed E-state index contributed by atoms with van der Waals surface area (Å²) in [6, 6.07) is 0. The maximum Gasteiger partial charge on any atom is 0.508 e. The summed E-state index contributed by atoms with van der Waals surface area (Å²) in [6.45, 7) is 0.934. The number of hydrogen-bond donors (Lipinski definition) is 0. The lowest BCUT2D eigenvalue weighted by Gasteiger charge is -2.21. The van der Waals surface area contributed by atoms with Gasteiger partial charge in [-0.1, -0.05) is 0 Å². The molecule has 0 unspecified atom stereocenters. The number of ether oxygens (including phenoxy) is 4. The van der Waals surface area contributed by atoms with Crippen molar-refractivity contribution < 1.29 is 23.7 Å². The predicted octanol–water partition coefficient (Wildman–Crippen LogP) is 0.304. The van der Waals surface area contributed by atoms with Crippen molar-refractivity contribution in [1.29, 1.82) is 0 Å². The molecule has 1 aliphatic heterocycles. The molecule has 0 bridgehead atoms. The van der Waals surface area contributed by atoms with Gasteiger partial charge in [-0.25, -0.2) is 4.79 Å². The Kier molecular flexibility index (Phi) is 3.13. The molecule has 1 radical (unpaired) electrons.